The van der Waals surface area contributed by atoms with E-state index in [1.54, 1.807) is 7.11 Å². The first kappa shape index (κ1) is 16.4. The van der Waals surface area contributed by atoms with Gasteiger partial charge in [-0.1, -0.05) is 35.3 Å². The molecule has 23 heavy (non-hydrogen) atoms. The van der Waals surface area contributed by atoms with Gasteiger partial charge >= 0.3 is 0 Å². The van der Waals surface area contributed by atoms with Crippen LogP contribution in [0.5, 0.6) is 5.75 Å². The van der Waals surface area contributed by atoms with Crippen LogP contribution in [0.25, 0.3) is 0 Å². The van der Waals surface area contributed by atoms with Gasteiger partial charge in [-0.15, -0.1) is 0 Å². The van der Waals surface area contributed by atoms with Gasteiger partial charge in [-0.05, 0) is 30.3 Å². The first-order valence-electron chi connectivity index (χ1n) is 7.71. The summed E-state index contributed by atoms with van der Waals surface area (Å²) in [6.07, 6.45) is 0. The predicted octanol–water partition coefficient (Wildman–Crippen LogP) is 4.32. The Kier molecular flexibility index (Phi) is 5.31. The van der Waals surface area contributed by atoms with Gasteiger partial charge in [0.25, 0.3) is 0 Å². The van der Waals surface area contributed by atoms with Crippen LogP contribution in [0.2, 0.25) is 10.0 Å². The van der Waals surface area contributed by atoms with E-state index in [0.29, 0.717) is 0 Å². The molecule has 0 N–H and O–H groups in total. The minimum atomic E-state index is 0.746. The van der Waals surface area contributed by atoms with Gasteiger partial charge in [0.1, 0.15) is 5.75 Å². The number of hydrogen-bond donors (Lipinski definition) is 0. The summed E-state index contributed by atoms with van der Waals surface area (Å²) in [5, 5.41) is 1.56. The Hall–Kier alpha value is -1.42. The summed E-state index contributed by atoms with van der Waals surface area (Å²) in [6.45, 7) is 4.75. The highest BCUT2D eigenvalue weighted by Gasteiger charge is 2.19. The van der Waals surface area contributed by atoms with Gasteiger partial charge in [0.15, 0.2) is 0 Å². The molecule has 0 spiro atoms. The van der Waals surface area contributed by atoms with Crippen LogP contribution in [-0.2, 0) is 6.54 Å². The topological polar surface area (TPSA) is 15.7 Å². The third-order valence-corrected chi connectivity index (χ3v) is 4.76. The van der Waals surface area contributed by atoms with Crippen molar-refractivity contribution >= 4 is 28.9 Å². The molecule has 0 amide bonds. The lowest BCUT2D eigenvalue weighted by molar-refractivity contribution is 0.246. The molecular formula is C18H20Cl2N2O. The molecule has 1 aliphatic heterocycles. The van der Waals surface area contributed by atoms with Crippen molar-refractivity contribution in [2.75, 3.05) is 38.2 Å². The van der Waals surface area contributed by atoms with Crippen LogP contribution in [-0.4, -0.2) is 38.2 Å². The van der Waals surface area contributed by atoms with Crippen LogP contribution in [0.1, 0.15) is 5.56 Å². The maximum Gasteiger partial charge on any atom is 0.123 e. The van der Waals surface area contributed by atoms with Gasteiger partial charge in [-0.25, -0.2) is 0 Å². The maximum atomic E-state index is 6.29. The van der Waals surface area contributed by atoms with Crippen LogP contribution >= 0.6 is 23.2 Å². The van der Waals surface area contributed by atoms with E-state index < -0.39 is 0 Å². The zero-order chi connectivity index (χ0) is 16.2. The molecule has 0 bridgehead atoms. The minimum Gasteiger partial charge on any atom is -0.496 e. The summed E-state index contributed by atoms with van der Waals surface area (Å²) < 4.78 is 5.43. The highest BCUT2D eigenvalue weighted by molar-refractivity contribution is 6.33. The predicted molar refractivity (Wildman–Crippen MR) is 96.9 cm³/mol. The standard InChI is InChI=1S/C18H20Cl2N2O/c1-23-18-7-6-15(19)12-14(18)13-21-8-10-22(11-9-21)17-5-3-2-4-16(17)20/h2-7,12H,8-11,13H2,1H3. The van der Waals surface area contributed by atoms with E-state index in [9.17, 15) is 0 Å². The lowest BCUT2D eigenvalue weighted by Crippen LogP contribution is -2.46. The minimum absolute atomic E-state index is 0.746. The second-order valence-electron chi connectivity index (χ2n) is 5.67. The smallest absolute Gasteiger partial charge is 0.123 e. The van der Waals surface area contributed by atoms with E-state index in [4.69, 9.17) is 27.9 Å². The number of halogens is 2. The molecule has 1 fully saturated rings. The van der Waals surface area contributed by atoms with Crippen molar-refractivity contribution in [3.63, 3.8) is 0 Å². The van der Waals surface area contributed by atoms with E-state index in [1.165, 1.54) is 0 Å². The summed E-state index contributed by atoms with van der Waals surface area (Å²) >= 11 is 12.4. The maximum absolute atomic E-state index is 6.29. The Bertz CT molecular complexity index is 670. The number of ether oxygens (including phenoxy) is 1. The monoisotopic (exact) mass is 350 g/mol. The number of piperazine rings is 1. The zero-order valence-electron chi connectivity index (χ0n) is 13.1. The molecule has 1 heterocycles. The Labute approximate surface area is 147 Å². The van der Waals surface area contributed by atoms with Crippen LogP contribution in [0.3, 0.4) is 0 Å². The van der Waals surface area contributed by atoms with Gasteiger partial charge in [0.2, 0.25) is 0 Å². The third kappa shape index (κ3) is 3.92. The van der Waals surface area contributed by atoms with Crippen LogP contribution in [0.15, 0.2) is 42.5 Å². The molecule has 3 rings (SSSR count). The molecule has 3 nitrogen and oxygen atoms in total. The second-order valence-corrected chi connectivity index (χ2v) is 6.51. The van der Waals surface area contributed by atoms with Crippen molar-refractivity contribution in [2.45, 2.75) is 6.54 Å². The number of hydrogen-bond acceptors (Lipinski definition) is 3. The van der Waals surface area contributed by atoms with Gasteiger partial charge < -0.3 is 9.64 Å². The van der Waals surface area contributed by atoms with Crippen LogP contribution in [0, 0.1) is 0 Å². The fraction of sp³-hybridized carbons (Fsp3) is 0.333. The lowest BCUT2D eigenvalue weighted by atomic mass is 10.1. The average Bonchev–Trinajstić information content (AvgIpc) is 2.56. The number of nitrogens with zero attached hydrogens (tertiary/aromatic N) is 2. The van der Waals surface area contributed by atoms with E-state index in [-0.39, 0.29) is 0 Å². The van der Waals surface area contributed by atoms with Crippen LogP contribution in [0.4, 0.5) is 5.69 Å². The number of rotatable bonds is 4. The van der Waals surface area contributed by atoms with Crippen molar-refractivity contribution < 1.29 is 4.74 Å². The Morgan fingerprint density at radius 1 is 1.00 bits per heavy atom. The Morgan fingerprint density at radius 2 is 1.74 bits per heavy atom. The average molecular weight is 351 g/mol. The first-order valence-corrected chi connectivity index (χ1v) is 8.47. The Balaban J connectivity index is 1.64. The van der Waals surface area contributed by atoms with Crippen molar-refractivity contribution in [2.24, 2.45) is 0 Å². The molecule has 1 aliphatic rings. The molecular weight excluding hydrogens is 331 g/mol. The third-order valence-electron chi connectivity index (χ3n) is 4.20. The molecule has 2 aromatic rings. The fourth-order valence-electron chi connectivity index (χ4n) is 2.97. The summed E-state index contributed by atoms with van der Waals surface area (Å²) in [6, 6.07) is 13.8. The Morgan fingerprint density at radius 3 is 2.43 bits per heavy atom. The number of benzene rings is 2. The van der Waals surface area contributed by atoms with Gasteiger partial charge in [-0.3, -0.25) is 4.90 Å². The van der Waals surface area contributed by atoms with E-state index in [0.717, 1.165) is 59.8 Å². The van der Waals surface area contributed by atoms with Crippen molar-refractivity contribution in [3.05, 3.63) is 58.1 Å². The first-order chi connectivity index (χ1) is 11.2. The number of anilines is 1. The molecule has 5 heteroatoms. The van der Waals surface area contributed by atoms with Crippen LogP contribution < -0.4 is 9.64 Å². The van der Waals surface area contributed by atoms with Gasteiger partial charge in [0, 0.05) is 43.3 Å². The summed E-state index contributed by atoms with van der Waals surface area (Å²) in [7, 11) is 1.70. The lowest BCUT2D eigenvalue weighted by Gasteiger charge is -2.36. The molecule has 0 unspecified atom stereocenters. The quantitative estimate of drug-likeness (QED) is 0.816. The number of methoxy groups -OCH3 is 1. The van der Waals surface area contributed by atoms with E-state index in [1.807, 2.05) is 36.4 Å². The van der Waals surface area contributed by atoms with Crippen molar-refractivity contribution in [3.8, 4) is 5.75 Å². The zero-order valence-corrected chi connectivity index (χ0v) is 14.6. The molecule has 2 aromatic carbocycles. The molecule has 122 valence electrons. The molecule has 0 saturated carbocycles. The summed E-state index contributed by atoms with van der Waals surface area (Å²) in [5.41, 5.74) is 2.25. The summed E-state index contributed by atoms with van der Waals surface area (Å²) in [4.78, 5) is 4.76. The van der Waals surface area contributed by atoms with E-state index >= 15 is 0 Å². The number of para-hydroxylation sites is 1. The summed E-state index contributed by atoms with van der Waals surface area (Å²) in [5.74, 6) is 0.892. The molecule has 0 aromatic heterocycles. The highest BCUT2D eigenvalue weighted by atomic mass is 35.5. The molecule has 0 radical (unpaired) electrons. The van der Waals surface area contributed by atoms with E-state index in [2.05, 4.69) is 15.9 Å². The fourth-order valence-corrected chi connectivity index (χ4v) is 3.42. The normalized spacial score (nSPS) is 15.7. The molecule has 0 aliphatic carbocycles. The van der Waals surface area contributed by atoms with Crippen molar-refractivity contribution in [1.82, 2.24) is 4.90 Å². The largest absolute Gasteiger partial charge is 0.496 e. The molecule has 0 atom stereocenters. The van der Waals surface area contributed by atoms with Gasteiger partial charge in [-0.2, -0.15) is 0 Å². The SMILES string of the molecule is COc1ccc(Cl)cc1CN1CCN(c2ccccc2Cl)CC1. The second kappa shape index (κ2) is 7.43. The van der Waals surface area contributed by atoms with Crippen molar-refractivity contribution in [1.29, 1.82) is 0 Å². The molecule has 1 saturated heterocycles. The van der Waals surface area contributed by atoms with Gasteiger partial charge in [0.05, 0.1) is 17.8 Å². The highest BCUT2D eigenvalue weighted by Crippen LogP contribution is 2.28.